The van der Waals surface area contributed by atoms with Crippen molar-refractivity contribution in [1.82, 2.24) is 19.4 Å². The van der Waals surface area contributed by atoms with Crippen LogP contribution >= 0.6 is 0 Å². The fraction of sp³-hybridized carbons (Fsp3) is 0.600. The molecule has 2 heterocycles. The smallest absolute Gasteiger partial charge is 0.307 e. The van der Waals surface area contributed by atoms with Crippen molar-refractivity contribution in [1.29, 1.82) is 0 Å². The highest BCUT2D eigenvalue weighted by atomic mass is 32.2. The third kappa shape index (κ3) is 4.78. The van der Waals surface area contributed by atoms with Crippen LogP contribution in [0.25, 0.3) is 0 Å². The Morgan fingerprint density at radius 3 is 2.29 bits per heavy atom. The van der Waals surface area contributed by atoms with E-state index in [4.69, 9.17) is 0 Å². The van der Waals surface area contributed by atoms with Gasteiger partial charge in [0, 0.05) is 24.0 Å². The van der Waals surface area contributed by atoms with Crippen LogP contribution < -0.4 is 14.3 Å². The second kappa shape index (κ2) is 9.46. The predicted molar refractivity (Wildman–Crippen MR) is 137 cm³/mol. The number of piperidine rings is 1. The topological polar surface area (TPSA) is 99.6 Å². The quantitative estimate of drug-likeness (QED) is 0.633. The molecular formula is C25H36N6O3S. The number of amides is 2. The Morgan fingerprint density at radius 2 is 1.71 bits per heavy atom. The van der Waals surface area contributed by atoms with Crippen LogP contribution in [0, 0.1) is 0 Å². The molecule has 2 N–H and O–H groups in total. The first-order chi connectivity index (χ1) is 16.7. The summed E-state index contributed by atoms with van der Waals surface area (Å²) in [6, 6.07) is 1.45. The largest absolute Gasteiger partial charge is 0.334 e. The van der Waals surface area contributed by atoms with Gasteiger partial charge in [-0.2, -0.15) is 13.5 Å². The monoisotopic (exact) mass is 500 g/mol. The van der Waals surface area contributed by atoms with Gasteiger partial charge in [-0.15, -0.1) is 0 Å². The van der Waals surface area contributed by atoms with E-state index >= 15 is 0 Å². The number of aromatic nitrogens is 2. The Hall–Kier alpha value is -2.59. The third-order valence-corrected chi connectivity index (χ3v) is 9.05. The molecule has 9 nitrogen and oxygen atoms in total. The number of carbonyl (C=O) groups is 1. The number of nitrogens with zero attached hydrogens (tertiary/aromatic N) is 4. The number of fused-ring (bicyclic) bond motifs is 2. The number of aryl methyl sites for hydroxylation is 2. The second-order valence-electron chi connectivity index (χ2n) is 10.4. The van der Waals surface area contributed by atoms with Gasteiger partial charge >= 0.3 is 16.2 Å². The molecule has 10 heteroatoms. The van der Waals surface area contributed by atoms with Gasteiger partial charge in [0.1, 0.15) is 0 Å². The maximum atomic E-state index is 13.7. The molecule has 1 aliphatic heterocycles. The van der Waals surface area contributed by atoms with Crippen LogP contribution in [-0.2, 0) is 35.9 Å². The lowest BCUT2D eigenvalue weighted by Gasteiger charge is -2.36. The molecule has 190 valence electrons. The number of hydrogen-bond donors (Lipinski definition) is 2. The Morgan fingerprint density at radius 1 is 1.09 bits per heavy atom. The Kier molecular flexibility index (Phi) is 6.52. The van der Waals surface area contributed by atoms with Crippen molar-refractivity contribution < 1.29 is 13.2 Å². The summed E-state index contributed by atoms with van der Waals surface area (Å²) >= 11 is 0. The predicted octanol–water partition coefficient (Wildman–Crippen LogP) is 3.41. The molecule has 2 aliphatic carbocycles. The van der Waals surface area contributed by atoms with Crippen LogP contribution in [0.5, 0.6) is 0 Å². The van der Waals surface area contributed by atoms with Gasteiger partial charge in [0.2, 0.25) is 0 Å². The van der Waals surface area contributed by atoms with E-state index in [2.05, 4.69) is 26.1 Å². The van der Waals surface area contributed by atoms with E-state index < -0.39 is 16.2 Å². The molecule has 2 aromatic rings. The van der Waals surface area contributed by atoms with Crippen molar-refractivity contribution in [3.63, 3.8) is 0 Å². The van der Waals surface area contributed by atoms with E-state index in [1.165, 1.54) is 26.6 Å². The van der Waals surface area contributed by atoms with Crippen molar-refractivity contribution in [3.8, 4) is 0 Å². The van der Waals surface area contributed by atoms with E-state index in [1.54, 1.807) is 17.1 Å². The second-order valence-corrected chi connectivity index (χ2v) is 11.9. The SMILES string of the molecule is CC(C)n1cc(N(C2CCN(C)CC2)S(=O)(=O)NC(=O)Nc2c3c(cc4c2CCC4)CCC3)cn1. The van der Waals surface area contributed by atoms with Crippen LogP contribution in [0.1, 0.15) is 67.8 Å². The maximum absolute atomic E-state index is 13.7. The van der Waals surface area contributed by atoms with Crippen LogP contribution in [-0.4, -0.2) is 55.3 Å². The van der Waals surface area contributed by atoms with E-state index in [1.807, 2.05) is 20.9 Å². The number of carbonyl (C=O) groups excluding carboxylic acids is 1. The zero-order valence-corrected chi connectivity index (χ0v) is 21.7. The van der Waals surface area contributed by atoms with Crippen LogP contribution in [0.4, 0.5) is 16.2 Å². The molecule has 1 fully saturated rings. The average molecular weight is 501 g/mol. The zero-order valence-electron chi connectivity index (χ0n) is 20.9. The molecule has 0 spiro atoms. The van der Waals surface area contributed by atoms with Gasteiger partial charge in [-0.1, -0.05) is 6.07 Å². The first-order valence-electron chi connectivity index (χ1n) is 12.8. The molecule has 0 bridgehead atoms. The van der Waals surface area contributed by atoms with Crippen LogP contribution in [0.15, 0.2) is 18.5 Å². The van der Waals surface area contributed by atoms with Gasteiger partial charge in [-0.3, -0.25) is 4.68 Å². The first-order valence-corrected chi connectivity index (χ1v) is 14.2. The third-order valence-electron chi connectivity index (χ3n) is 7.58. The van der Waals surface area contributed by atoms with Gasteiger partial charge in [-0.25, -0.2) is 13.8 Å². The molecule has 35 heavy (non-hydrogen) atoms. The normalized spacial score (nSPS) is 18.5. The number of hydrogen-bond acceptors (Lipinski definition) is 5. The number of urea groups is 1. The zero-order chi connectivity index (χ0) is 24.7. The molecule has 0 saturated carbocycles. The molecule has 0 unspecified atom stereocenters. The van der Waals surface area contributed by atoms with Crippen molar-refractivity contribution in [2.75, 3.05) is 29.8 Å². The summed E-state index contributed by atoms with van der Waals surface area (Å²) in [6.07, 6.45) is 10.7. The fourth-order valence-electron chi connectivity index (χ4n) is 5.77. The number of nitrogens with one attached hydrogen (secondary N) is 2. The first kappa shape index (κ1) is 24.1. The van der Waals surface area contributed by atoms with Gasteiger partial charge in [-0.05, 0) is 108 Å². The van der Waals surface area contributed by atoms with Crippen molar-refractivity contribution in [2.24, 2.45) is 0 Å². The van der Waals surface area contributed by atoms with Crippen molar-refractivity contribution in [2.45, 2.75) is 77.3 Å². The van der Waals surface area contributed by atoms with Gasteiger partial charge in [0.15, 0.2) is 0 Å². The molecule has 1 aromatic heterocycles. The Balaban J connectivity index is 1.41. The van der Waals surface area contributed by atoms with Crippen molar-refractivity contribution in [3.05, 3.63) is 40.7 Å². The standard InChI is InChI=1S/C25H36N6O3S/c1-17(2)30-16-21(15-26-30)31(20-10-12-29(3)13-11-20)35(33,34)28-25(32)27-24-22-8-4-6-18(22)14-19-7-5-9-23(19)24/h14-17,20H,4-13H2,1-3H3,(H2,27,28,32). The number of likely N-dealkylation sites (tertiary alicyclic amines) is 1. The molecule has 1 aromatic carbocycles. The van der Waals surface area contributed by atoms with Gasteiger partial charge in [0.25, 0.3) is 0 Å². The fourth-order valence-corrected chi connectivity index (χ4v) is 7.13. The lowest BCUT2D eigenvalue weighted by Crippen LogP contribution is -2.52. The lowest BCUT2D eigenvalue weighted by atomic mass is 9.99. The highest BCUT2D eigenvalue weighted by molar-refractivity contribution is 7.91. The highest BCUT2D eigenvalue weighted by Crippen LogP contribution is 2.38. The number of benzene rings is 1. The molecule has 0 radical (unpaired) electrons. The molecule has 0 atom stereocenters. The summed E-state index contributed by atoms with van der Waals surface area (Å²) in [4.78, 5) is 15.3. The Bertz CT molecular complexity index is 1180. The van der Waals surface area contributed by atoms with Gasteiger partial charge < -0.3 is 10.2 Å². The van der Waals surface area contributed by atoms with Gasteiger partial charge in [0.05, 0.1) is 11.9 Å². The summed E-state index contributed by atoms with van der Waals surface area (Å²) in [6.45, 7) is 5.58. The minimum atomic E-state index is -4.15. The molecule has 1 saturated heterocycles. The van der Waals surface area contributed by atoms with E-state index in [0.717, 1.165) is 57.3 Å². The number of anilines is 2. The van der Waals surface area contributed by atoms with Crippen molar-refractivity contribution >= 4 is 27.6 Å². The maximum Gasteiger partial charge on any atom is 0.334 e. The highest BCUT2D eigenvalue weighted by Gasteiger charge is 2.35. The number of rotatable bonds is 6. The van der Waals surface area contributed by atoms with Crippen LogP contribution in [0.2, 0.25) is 0 Å². The Labute approximate surface area is 208 Å². The van der Waals surface area contributed by atoms with Crippen LogP contribution in [0.3, 0.4) is 0 Å². The summed E-state index contributed by atoms with van der Waals surface area (Å²) in [5.74, 6) is 0. The summed E-state index contributed by atoms with van der Waals surface area (Å²) in [5.41, 5.74) is 6.23. The molecular weight excluding hydrogens is 464 g/mol. The molecule has 2 amide bonds. The summed E-state index contributed by atoms with van der Waals surface area (Å²) in [5, 5.41) is 7.31. The van der Waals surface area contributed by atoms with E-state index in [0.29, 0.717) is 18.5 Å². The summed E-state index contributed by atoms with van der Waals surface area (Å²) in [7, 11) is -2.12. The van der Waals surface area contributed by atoms with E-state index in [9.17, 15) is 13.2 Å². The minimum Gasteiger partial charge on any atom is -0.307 e. The minimum absolute atomic E-state index is 0.101. The molecule has 5 rings (SSSR count). The van der Waals surface area contributed by atoms with E-state index in [-0.39, 0.29) is 12.1 Å². The summed E-state index contributed by atoms with van der Waals surface area (Å²) < 4.78 is 32.8. The lowest BCUT2D eigenvalue weighted by molar-refractivity contribution is 0.254. The average Bonchev–Trinajstić information content (AvgIpc) is 3.55. The molecule has 3 aliphatic rings.